The first kappa shape index (κ1) is 11.0. The van der Waals surface area contributed by atoms with Gasteiger partial charge in [-0.1, -0.05) is 0 Å². The summed E-state index contributed by atoms with van der Waals surface area (Å²) < 4.78 is 6.85. The Morgan fingerprint density at radius 1 is 1.50 bits per heavy atom. The van der Waals surface area contributed by atoms with Gasteiger partial charge in [-0.05, 0) is 24.6 Å². The second-order valence-electron chi connectivity index (χ2n) is 3.97. The number of aromatic nitrogens is 3. The number of hydrogen-bond donors (Lipinski definition) is 1. The highest BCUT2D eigenvalue weighted by Gasteiger charge is 2.09. The molecule has 0 aliphatic heterocycles. The van der Waals surface area contributed by atoms with Crippen molar-refractivity contribution in [2.45, 2.75) is 19.4 Å². The van der Waals surface area contributed by atoms with Crippen molar-refractivity contribution in [2.75, 3.05) is 13.7 Å². The summed E-state index contributed by atoms with van der Waals surface area (Å²) in [5, 5.41) is 4.18. The van der Waals surface area contributed by atoms with Crippen LogP contribution in [0.2, 0.25) is 0 Å². The van der Waals surface area contributed by atoms with Crippen LogP contribution in [0.4, 0.5) is 0 Å². The van der Waals surface area contributed by atoms with Crippen LogP contribution in [0.1, 0.15) is 11.3 Å². The minimum Gasteiger partial charge on any atom is -0.383 e. The third kappa shape index (κ3) is 2.20. The lowest BCUT2D eigenvalue weighted by atomic mass is 10.1. The highest BCUT2D eigenvalue weighted by molar-refractivity contribution is 5.41. The fraction of sp³-hybridized carbons (Fsp3) is 0.455. The highest BCUT2D eigenvalue weighted by atomic mass is 16.5. The molecule has 1 unspecified atom stereocenters. The van der Waals surface area contributed by atoms with E-state index >= 15 is 0 Å². The van der Waals surface area contributed by atoms with Crippen LogP contribution in [0, 0.1) is 6.92 Å². The average molecular weight is 220 g/mol. The van der Waals surface area contributed by atoms with E-state index in [1.807, 2.05) is 17.5 Å². The maximum atomic E-state index is 5.94. The van der Waals surface area contributed by atoms with Crippen molar-refractivity contribution in [3.05, 3.63) is 29.7 Å². The summed E-state index contributed by atoms with van der Waals surface area (Å²) in [5.41, 5.74) is 9.03. The van der Waals surface area contributed by atoms with Crippen molar-refractivity contribution in [2.24, 2.45) is 5.73 Å². The van der Waals surface area contributed by atoms with E-state index in [0.29, 0.717) is 6.61 Å². The molecule has 0 fully saturated rings. The maximum Gasteiger partial charge on any atom is 0.155 e. The van der Waals surface area contributed by atoms with Gasteiger partial charge in [-0.15, -0.1) is 0 Å². The lowest BCUT2D eigenvalue weighted by Crippen LogP contribution is -2.29. The fourth-order valence-corrected chi connectivity index (χ4v) is 1.83. The Morgan fingerprint density at radius 3 is 3.06 bits per heavy atom. The van der Waals surface area contributed by atoms with E-state index in [9.17, 15) is 0 Å². The predicted octanol–water partition coefficient (Wildman–Crippen LogP) is 0.554. The molecule has 0 spiro atoms. The summed E-state index contributed by atoms with van der Waals surface area (Å²) in [6.45, 7) is 2.59. The van der Waals surface area contributed by atoms with Crippen molar-refractivity contribution in [3.63, 3.8) is 0 Å². The molecule has 2 heterocycles. The minimum absolute atomic E-state index is 0.0146. The molecule has 5 nitrogen and oxygen atoms in total. The third-order valence-corrected chi connectivity index (χ3v) is 2.45. The van der Waals surface area contributed by atoms with Crippen molar-refractivity contribution in [1.29, 1.82) is 0 Å². The number of ether oxygens (including phenoxy) is 1. The Bertz CT molecular complexity index is 480. The second-order valence-corrected chi connectivity index (χ2v) is 3.97. The molecule has 0 aliphatic rings. The zero-order chi connectivity index (χ0) is 11.5. The summed E-state index contributed by atoms with van der Waals surface area (Å²) in [6, 6.07) is 4.06. The van der Waals surface area contributed by atoms with E-state index in [1.54, 1.807) is 13.4 Å². The van der Waals surface area contributed by atoms with Gasteiger partial charge < -0.3 is 10.5 Å². The van der Waals surface area contributed by atoms with Crippen LogP contribution in [-0.2, 0) is 11.2 Å². The molecule has 1 atom stereocenters. The monoisotopic (exact) mass is 220 g/mol. The van der Waals surface area contributed by atoms with Gasteiger partial charge in [0, 0.05) is 25.3 Å². The van der Waals surface area contributed by atoms with E-state index in [1.165, 1.54) is 5.56 Å². The molecule has 2 N–H and O–H groups in total. The van der Waals surface area contributed by atoms with Crippen molar-refractivity contribution in [1.82, 2.24) is 14.6 Å². The zero-order valence-corrected chi connectivity index (χ0v) is 9.55. The molecule has 0 aromatic carbocycles. The lowest BCUT2D eigenvalue weighted by Gasteiger charge is -2.11. The van der Waals surface area contributed by atoms with Gasteiger partial charge in [0.15, 0.2) is 5.65 Å². The molecule has 0 radical (unpaired) electrons. The van der Waals surface area contributed by atoms with Crippen LogP contribution in [0.3, 0.4) is 0 Å². The highest BCUT2D eigenvalue weighted by Crippen LogP contribution is 2.10. The molecule has 86 valence electrons. The fourth-order valence-electron chi connectivity index (χ4n) is 1.83. The van der Waals surface area contributed by atoms with Crippen LogP contribution in [0.5, 0.6) is 0 Å². The van der Waals surface area contributed by atoms with Gasteiger partial charge in [-0.25, -0.2) is 9.50 Å². The van der Waals surface area contributed by atoms with E-state index in [2.05, 4.69) is 16.1 Å². The molecule has 0 saturated carbocycles. The topological polar surface area (TPSA) is 65.4 Å². The number of nitrogens with two attached hydrogens (primary N) is 1. The molecule has 0 bridgehead atoms. The van der Waals surface area contributed by atoms with Crippen molar-refractivity contribution in [3.8, 4) is 0 Å². The molecule has 2 aromatic rings. The summed E-state index contributed by atoms with van der Waals surface area (Å²) in [5.74, 6) is 0. The number of fused-ring (bicyclic) bond motifs is 1. The number of methoxy groups -OCH3 is 1. The Kier molecular flexibility index (Phi) is 3.17. The first-order valence-electron chi connectivity index (χ1n) is 5.24. The smallest absolute Gasteiger partial charge is 0.155 e. The molecule has 16 heavy (non-hydrogen) atoms. The van der Waals surface area contributed by atoms with Crippen LogP contribution in [-0.4, -0.2) is 34.4 Å². The predicted molar refractivity (Wildman–Crippen MR) is 61.3 cm³/mol. The molecule has 5 heteroatoms. The minimum atomic E-state index is -0.0146. The van der Waals surface area contributed by atoms with Gasteiger partial charge in [0.2, 0.25) is 0 Å². The number of pyridine rings is 1. The van der Waals surface area contributed by atoms with Crippen LogP contribution in [0.15, 0.2) is 18.5 Å². The molecule has 0 amide bonds. The standard InChI is InChI=1S/C11H16N4O/c1-8-3-10(5-9(12)6-16-2)15-11(4-8)13-7-14-15/h3-4,7,9H,5-6,12H2,1-2H3. The summed E-state index contributed by atoms with van der Waals surface area (Å²) in [6.07, 6.45) is 2.29. The molecule has 2 rings (SSSR count). The second kappa shape index (κ2) is 4.59. The quantitative estimate of drug-likeness (QED) is 0.817. The average Bonchev–Trinajstić information content (AvgIpc) is 2.65. The van der Waals surface area contributed by atoms with Gasteiger partial charge in [0.1, 0.15) is 6.33 Å². The van der Waals surface area contributed by atoms with Gasteiger partial charge in [0.05, 0.1) is 6.61 Å². The molecular formula is C11H16N4O. The third-order valence-electron chi connectivity index (χ3n) is 2.45. The summed E-state index contributed by atoms with van der Waals surface area (Å²) in [4.78, 5) is 4.17. The Hall–Kier alpha value is -1.46. The SMILES string of the molecule is COCC(N)Cc1cc(C)cc2ncnn12. The number of nitrogens with zero attached hydrogens (tertiary/aromatic N) is 3. The van der Waals surface area contributed by atoms with Crippen molar-refractivity contribution >= 4 is 5.65 Å². The molecule has 0 aliphatic carbocycles. The number of hydrogen-bond acceptors (Lipinski definition) is 4. The van der Waals surface area contributed by atoms with Gasteiger partial charge in [-0.2, -0.15) is 5.10 Å². The zero-order valence-electron chi connectivity index (χ0n) is 9.55. The van der Waals surface area contributed by atoms with Crippen LogP contribution < -0.4 is 5.73 Å². The van der Waals surface area contributed by atoms with Crippen LogP contribution in [0.25, 0.3) is 5.65 Å². The normalized spacial score (nSPS) is 13.2. The first-order valence-corrected chi connectivity index (χ1v) is 5.24. The molecule has 2 aromatic heterocycles. The number of aryl methyl sites for hydroxylation is 1. The molecular weight excluding hydrogens is 204 g/mol. The Morgan fingerprint density at radius 2 is 2.31 bits per heavy atom. The lowest BCUT2D eigenvalue weighted by molar-refractivity contribution is 0.179. The van der Waals surface area contributed by atoms with E-state index in [-0.39, 0.29) is 6.04 Å². The van der Waals surface area contributed by atoms with Gasteiger partial charge >= 0.3 is 0 Å². The van der Waals surface area contributed by atoms with E-state index < -0.39 is 0 Å². The maximum absolute atomic E-state index is 5.94. The van der Waals surface area contributed by atoms with Gasteiger partial charge in [-0.3, -0.25) is 0 Å². The van der Waals surface area contributed by atoms with Crippen LogP contribution >= 0.6 is 0 Å². The van der Waals surface area contributed by atoms with E-state index in [0.717, 1.165) is 17.8 Å². The summed E-state index contributed by atoms with van der Waals surface area (Å²) >= 11 is 0. The van der Waals surface area contributed by atoms with Gasteiger partial charge in [0.25, 0.3) is 0 Å². The Balaban J connectivity index is 2.31. The summed E-state index contributed by atoms with van der Waals surface area (Å²) in [7, 11) is 1.65. The van der Waals surface area contributed by atoms with Crippen molar-refractivity contribution < 1.29 is 4.74 Å². The van der Waals surface area contributed by atoms with E-state index in [4.69, 9.17) is 10.5 Å². The molecule has 0 saturated heterocycles. The first-order chi connectivity index (χ1) is 7.70. The largest absolute Gasteiger partial charge is 0.383 e. The number of rotatable bonds is 4. The Labute approximate surface area is 94.2 Å².